The molecule has 4 heteroatoms. The summed E-state index contributed by atoms with van der Waals surface area (Å²) in [7, 11) is 2.62. The van der Waals surface area contributed by atoms with Gasteiger partial charge in [-0.25, -0.2) is 9.59 Å². The first-order valence-corrected chi connectivity index (χ1v) is 6.19. The quantitative estimate of drug-likeness (QED) is 0.788. The molecule has 1 rings (SSSR count). The summed E-state index contributed by atoms with van der Waals surface area (Å²) in [5.74, 6) is -1.00. The van der Waals surface area contributed by atoms with E-state index in [0.717, 1.165) is 22.3 Å². The van der Waals surface area contributed by atoms with Gasteiger partial charge in [0, 0.05) is 0 Å². The minimum Gasteiger partial charge on any atom is -0.465 e. The van der Waals surface area contributed by atoms with E-state index in [0.29, 0.717) is 17.5 Å². The van der Waals surface area contributed by atoms with Crippen LogP contribution >= 0.6 is 0 Å². The Labute approximate surface area is 113 Å². The van der Waals surface area contributed by atoms with Gasteiger partial charge in [0.25, 0.3) is 0 Å². The van der Waals surface area contributed by atoms with Crippen molar-refractivity contribution in [3.8, 4) is 0 Å². The molecule has 0 aromatic heterocycles. The Morgan fingerprint density at radius 2 is 1.32 bits per heavy atom. The highest BCUT2D eigenvalue weighted by atomic mass is 16.5. The van der Waals surface area contributed by atoms with Gasteiger partial charge in [-0.05, 0) is 49.4 Å². The van der Waals surface area contributed by atoms with Crippen LogP contribution in [-0.2, 0) is 15.9 Å². The van der Waals surface area contributed by atoms with E-state index < -0.39 is 11.9 Å². The largest absolute Gasteiger partial charge is 0.465 e. The smallest absolute Gasteiger partial charge is 0.339 e. The minimum atomic E-state index is -0.504. The average Bonchev–Trinajstić information content (AvgIpc) is 2.42. The summed E-state index contributed by atoms with van der Waals surface area (Å²) in [6, 6.07) is 0. The van der Waals surface area contributed by atoms with Gasteiger partial charge in [-0.3, -0.25) is 0 Å². The SMILES string of the molecule is CCc1c(C)c(C)c(C)c(C(=O)OC)c1C(=O)OC. The molecular formula is C15H20O4. The lowest BCUT2D eigenvalue weighted by atomic mass is 9.87. The zero-order chi connectivity index (χ0) is 14.7. The Hall–Kier alpha value is -1.84. The molecule has 0 N–H and O–H groups in total. The number of rotatable bonds is 3. The molecule has 19 heavy (non-hydrogen) atoms. The fraction of sp³-hybridized carbons (Fsp3) is 0.467. The molecular weight excluding hydrogens is 244 g/mol. The predicted octanol–water partition coefficient (Wildman–Crippen LogP) is 2.75. The van der Waals surface area contributed by atoms with Gasteiger partial charge in [-0.2, -0.15) is 0 Å². The standard InChI is InChI=1S/C15H20O4/c1-7-11-9(3)8(2)10(4)12(14(16)18-5)13(11)15(17)19-6/h7H2,1-6H3. The van der Waals surface area contributed by atoms with Crippen molar-refractivity contribution in [2.24, 2.45) is 0 Å². The topological polar surface area (TPSA) is 52.6 Å². The van der Waals surface area contributed by atoms with E-state index in [9.17, 15) is 9.59 Å². The minimum absolute atomic E-state index is 0.314. The fourth-order valence-corrected chi connectivity index (χ4v) is 2.35. The third-order valence-corrected chi connectivity index (χ3v) is 3.64. The van der Waals surface area contributed by atoms with Crippen LogP contribution in [0.2, 0.25) is 0 Å². The second-order valence-electron chi connectivity index (χ2n) is 4.44. The van der Waals surface area contributed by atoms with Crippen molar-refractivity contribution in [1.29, 1.82) is 0 Å². The van der Waals surface area contributed by atoms with Gasteiger partial charge in [0.2, 0.25) is 0 Å². The lowest BCUT2D eigenvalue weighted by Gasteiger charge is -2.19. The van der Waals surface area contributed by atoms with Gasteiger partial charge >= 0.3 is 11.9 Å². The summed E-state index contributed by atoms with van der Waals surface area (Å²) in [6.07, 6.45) is 0.654. The molecule has 0 fully saturated rings. The highest BCUT2D eigenvalue weighted by Crippen LogP contribution is 2.28. The third kappa shape index (κ3) is 2.48. The molecule has 0 bridgehead atoms. The van der Waals surface area contributed by atoms with Crippen LogP contribution < -0.4 is 0 Å². The highest BCUT2D eigenvalue weighted by Gasteiger charge is 2.27. The lowest BCUT2D eigenvalue weighted by Crippen LogP contribution is -2.18. The van der Waals surface area contributed by atoms with Crippen molar-refractivity contribution in [3.05, 3.63) is 33.4 Å². The second-order valence-corrected chi connectivity index (χ2v) is 4.44. The molecule has 0 aliphatic carbocycles. The maximum atomic E-state index is 12.0. The molecule has 1 aromatic carbocycles. The van der Waals surface area contributed by atoms with Gasteiger partial charge in [0.05, 0.1) is 25.3 Å². The number of ether oxygens (including phenoxy) is 2. The average molecular weight is 264 g/mol. The Bertz CT molecular complexity index is 530. The van der Waals surface area contributed by atoms with Gasteiger partial charge < -0.3 is 9.47 Å². The van der Waals surface area contributed by atoms with Gasteiger partial charge in [-0.15, -0.1) is 0 Å². The summed E-state index contributed by atoms with van der Waals surface area (Å²) in [5.41, 5.74) is 4.28. The summed E-state index contributed by atoms with van der Waals surface area (Å²) < 4.78 is 9.62. The third-order valence-electron chi connectivity index (χ3n) is 3.64. The Kier molecular flexibility index (Phi) is 4.70. The monoisotopic (exact) mass is 264 g/mol. The molecule has 0 heterocycles. The summed E-state index contributed by atoms with van der Waals surface area (Å²) in [5, 5.41) is 0. The van der Waals surface area contributed by atoms with Crippen LogP contribution in [0, 0.1) is 20.8 Å². The van der Waals surface area contributed by atoms with E-state index in [2.05, 4.69) is 0 Å². The van der Waals surface area contributed by atoms with Crippen LogP contribution in [0.4, 0.5) is 0 Å². The molecule has 0 aliphatic heterocycles. The van der Waals surface area contributed by atoms with E-state index in [1.54, 1.807) is 0 Å². The molecule has 104 valence electrons. The first-order chi connectivity index (χ1) is 8.90. The molecule has 0 saturated heterocycles. The van der Waals surface area contributed by atoms with Crippen LogP contribution in [0.1, 0.15) is 49.9 Å². The first-order valence-electron chi connectivity index (χ1n) is 6.19. The number of carbonyl (C=O) groups excluding carboxylic acids is 2. The molecule has 0 saturated carbocycles. The Balaban J connectivity index is 3.81. The fourth-order valence-electron chi connectivity index (χ4n) is 2.35. The normalized spacial score (nSPS) is 10.2. The molecule has 0 radical (unpaired) electrons. The van der Waals surface area contributed by atoms with E-state index in [1.807, 2.05) is 27.7 Å². The van der Waals surface area contributed by atoms with Crippen molar-refractivity contribution in [3.63, 3.8) is 0 Å². The van der Waals surface area contributed by atoms with Crippen LogP contribution in [0.5, 0.6) is 0 Å². The Morgan fingerprint density at radius 1 is 0.842 bits per heavy atom. The number of benzene rings is 1. The van der Waals surface area contributed by atoms with Crippen LogP contribution in [0.3, 0.4) is 0 Å². The summed E-state index contributed by atoms with van der Waals surface area (Å²) in [6.45, 7) is 7.66. The lowest BCUT2D eigenvalue weighted by molar-refractivity contribution is 0.0553. The summed E-state index contributed by atoms with van der Waals surface area (Å²) >= 11 is 0. The van der Waals surface area contributed by atoms with Crippen molar-refractivity contribution in [2.45, 2.75) is 34.1 Å². The van der Waals surface area contributed by atoms with Crippen LogP contribution in [0.25, 0.3) is 0 Å². The first kappa shape index (κ1) is 15.2. The van der Waals surface area contributed by atoms with E-state index in [4.69, 9.17) is 9.47 Å². The molecule has 0 atom stereocenters. The number of methoxy groups -OCH3 is 2. The van der Waals surface area contributed by atoms with Crippen molar-refractivity contribution >= 4 is 11.9 Å². The second kappa shape index (κ2) is 5.87. The van der Waals surface area contributed by atoms with Gasteiger partial charge in [-0.1, -0.05) is 6.92 Å². The van der Waals surface area contributed by atoms with E-state index in [1.165, 1.54) is 14.2 Å². The number of esters is 2. The predicted molar refractivity (Wildman–Crippen MR) is 72.7 cm³/mol. The molecule has 1 aromatic rings. The maximum Gasteiger partial charge on any atom is 0.339 e. The number of hydrogen-bond donors (Lipinski definition) is 0. The van der Waals surface area contributed by atoms with E-state index >= 15 is 0 Å². The molecule has 4 nitrogen and oxygen atoms in total. The van der Waals surface area contributed by atoms with Crippen molar-refractivity contribution < 1.29 is 19.1 Å². The van der Waals surface area contributed by atoms with Crippen LogP contribution in [-0.4, -0.2) is 26.2 Å². The molecule has 0 unspecified atom stereocenters. The maximum absolute atomic E-state index is 12.0. The van der Waals surface area contributed by atoms with Crippen molar-refractivity contribution in [2.75, 3.05) is 14.2 Å². The van der Waals surface area contributed by atoms with E-state index in [-0.39, 0.29) is 0 Å². The van der Waals surface area contributed by atoms with Crippen LogP contribution in [0.15, 0.2) is 0 Å². The Morgan fingerprint density at radius 3 is 1.74 bits per heavy atom. The zero-order valence-electron chi connectivity index (χ0n) is 12.3. The molecule has 0 amide bonds. The van der Waals surface area contributed by atoms with Gasteiger partial charge in [0.15, 0.2) is 0 Å². The van der Waals surface area contributed by atoms with Crippen molar-refractivity contribution in [1.82, 2.24) is 0 Å². The highest BCUT2D eigenvalue weighted by molar-refractivity contribution is 6.05. The zero-order valence-corrected chi connectivity index (χ0v) is 12.3. The molecule has 0 spiro atoms. The summed E-state index contributed by atoms with van der Waals surface area (Å²) in [4.78, 5) is 24.0. The molecule has 0 aliphatic rings. The number of carbonyl (C=O) groups is 2. The number of hydrogen-bond acceptors (Lipinski definition) is 4. The van der Waals surface area contributed by atoms with Gasteiger partial charge in [0.1, 0.15) is 0 Å².